The first kappa shape index (κ1) is 65.8. The SMILES string of the molecule is CCCCCCCCCCCCCCCCCCCC/C=C/C(O)C(COC1OC(CO)C(O)C(OS(=O)(=O)O)C1O)NC(=O)C(O)CCCCCCCCCCCCCCCCCCCCCC. The summed E-state index contributed by atoms with van der Waals surface area (Å²) in [6.07, 6.45) is 41.4. The van der Waals surface area contributed by atoms with Crippen LogP contribution in [0.5, 0.6) is 0 Å². The summed E-state index contributed by atoms with van der Waals surface area (Å²) in [6.45, 7) is 3.27. The fourth-order valence-corrected chi connectivity index (χ4v) is 9.91. The number of nitrogens with one attached hydrogen (secondary N) is 1. The summed E-state index contributed by atoms with van der Waals surface area (Å²) < 4.78 is 47.8. The van der Waals surface area contributed by atoms with Crippen LogP contribution in [0.2, 0.25) is 0 Å². The van der Waals surface area contributed by atoms with Gasteiger partial charge in [0.05, 0.1) is 25.4 Å². The minimum atomic E-state index is -5.12. The van der Waals surface area contributed by atoms with Crippen LogP contribution in [-0.2, 0) is 28.9 Å². The molecule has 69 heavy (non-hydrogen) atoms. The fourth-order valence-electron chi connectivity index (χ4n) is 9.41. The van der Waals surface area contributed by atoms with Gasteiger partial charge in [-0.05, 0) is 19.3 Å². The van der Waals surface area contributed by atoms with Crippen LogP contribution in [-0.4, -0.2) is 107 Å². The number of hydrogen-bond acceptors (Lipinski definition) is 11. The summed E-state index contributed by atoms with van der Waals surface area (Å²) in [5, 5.41) is 55.5. The van der Waals surface area contributed by atoms with Gasteiger partial charge in [0, 0.05) is 0 Å². The van der Waals surface area contributed by atoms with Crippen LogP contribution in [0.15, 0.2) is 12.2 Å². The van der Waals surface area contributed by atoms with Gasteiger partial charge in [0.25, 0.3) is 0 Å². The van der Waals surface area contributed by atoms with Crippen molar-refractivity contribution >= 4 is 16.3 Å². The van der Waals surface area contributed by atoms with E-state index < -0.39 is 78.5 Å². The van der Waals surface area contributed by atoms with Crippen LogP contribution in [0.1, 0.15) is 271 Å². The molecular formula is C55H107NO12S. The molecule has 410 valence electrons. The molecule has 0 aromatic carbocycles. The summed E-state index contributed by atoms with van der Waals surface area (Å²) in [5.74, 6) is -0.696. The van der Waals surface area contributed by atoms with Crippen LogP contribution in [0.3, 0.4) is 0 Å². The third-order valence-corrected chi connectivity index (χ3v) is 14.4. The Kier molecular flexibility index (Phi) is 43.3. The van der Waals surface area contributed by atoms with Crippen molar-refractivity contribution in [3.8, 4) is 0 Å². The van der Waals surface area contributed by atoms with Crippen molar-refractivity contribution in [3.63, 3.8) is 0 Å². The molecule has 1 amide bonds. The normalized spacial score (nSPS) is 20.1. The number of aliphatic hydroxyl groups is 5. The van der Waals surface area contributed by atoms with Gasteiger partial charge in [0.2, 0.25) is 5.91 Å². The second-order valence-corrected chi connectivity index (χ2v) is 21.4. The molecule has 1 fully saturated rings. The van der Waals surface area contributed by atoms with Crippen molar-refractivity contribution in [2.45, 2.75) is 320 Å². The molecule has 8 atom stereocenters. The first-order chi connectivity index (χ1) is 33.4. The van der Waals surface area contributed by atoms with Crippen LogP contribution < -0.4 is 5.32 Å². The Hall–Kier alpha value is -1.20. The molecule has 0 saturated carbocycles. The molecule has 7 N–H and O–H groups in total. The molecule has 0 aliphatic carbocycles. The molecule has 0 spiro atoms. The number of ether oxygens (including phenoxy) is 2. The highest BCUT2D eigenvalue weighted by Crippen LogP contribution is 2.26. The second-order valence-electron chi connectivity index (χ2n) is 20.4. The molecule has 8 unspecified atom stereocenters. The number of allylic oxidation sites excluding steroid dienone is 1. The maximum atomic E-state index is 13.2. The molecule has 14 heteroatoms. The van der Waals surface area contributed by atoms with E-state index in [4.69, 9.17) is 9.47 Å². The van der Waals surface area contributed by atoms with E-state index in [-0.39, 0.29) is 6.42 Å². The van der Waals surface area contributed by atoms with E-state index in [1.54, 1.807) is 6.08 Å². The van der Waals surface area contributed by atoms with Gasteiger partial charge in [0.1, 0.15) is 30.5 Å². The molecule has 13 nitrogen and oxygen atoms in total. The van der Waals surface area contributed by atoms with Crippen LogP contribution in [0.25, 0.3) is 0 Å². The van der Waals surface area contributed by atoms with Crippen molar-refractivity contribution < 1.29 is 57.0 Å². The van der Waals surface area contributed by atoms with Crippen LogP contribution >= 0.6 is 0 Å². The van der Waals surface area contributed by atoms with Gasteiger partial charge in [-0.25, -0.2) is 4.18 Å². The summed E-state index contributed by atoms with van der Waals surface area (Å²) in [6, 6.07) is -1.12. The average Bonchev–Trinajstić information content (AvgIpc) is 3.32. The van der Waals surface area contributed by atoms with Gasteiger partial charge >= 0.3 is 10.4 Å². The van der Waals surface area contributed by atoms with Crippen molar-refractivity contribution in [1.82, 2.24) is 5.32 Å². The highest BCUT2D eigenvalue weighted by Gasteiger charge is 2.48. The Bertz CT molecular complexity index is 1290. The zero-order valence-corrected chi connectivity index (χ0v) is 44.8. The van der Waals surface area contributed by atoms with Crippen molar-refractivity contribution in [2.24, 2.45) is 0 Å². The lowest BCUT2D eigenvalue weighted by molar-refractivity contribution is -0.298. The molecule has 1 aliphatic heterocycles. The molecular weight excluding hydrogens is 899 g/mol. The second kappa shape index (κ2) is 45.4. The monoisotopic (exact) mass is 1010 g/mol. The number of rotatable bonds is 50. The predicted octanol–water partition coefficient (Wildman–Crippen LogP) is 12.0. The minimum absolute atomic E-state index is 0.249. The zero-order valence-electron chi connectivity index (χ0n) is 44.0. The van der Waals surface area contributed by atoms with E-state index in [9.17, 15) is 43.3 Å². The summed E-state index contributed by atoms with van der Waals surface area (Å²) in [5.41, 5.74) is 0. The maximum absolute atomic E-state index is 13.2. The predicted molar refractivity (Wildman–Crippen MR) is 279 cm³/mol. The van der Waals surface area contributed by atoms with Crippen molar-refractivity contribution in [2.75, 3.05) is 13.2 Å². The van der Waals surface area contributed by atoms with Gasteiger partial charge in [-0.1, -0.05) is 264 Å². The fraction of sp³-hybridized carbons (Fsp3) is 0.945. The first-order valence-electron chi connectivity index (χ1n) is 28.7. The number of unbranched alkanes of at least 4 members (excludes halogenated alkanes) is 37. The Labute approximate surface area is 422 Å². The molecule has 1 rings (SSSR count). The Morgan fingerprint density at radius 3 is 1.30 bits per heavy atom. The number of hydrogen-bond donors (Lipinski definition) is 7. The van der Waals surface area contributed by atoms with Gasteiger partial charge < -0.3 is 40.3 Å². The molecule has 0 aromatic heterocycles. The Balaban J connectivity index is 2.44. The molecule has 1 saturated heterocycles. The van der Waals surface area contributed by atoms with Gasteiger partial charge in [-0.2, -0.15) is 8.42 Å². The summed E-state index contributed by atoms with van der Waals surface area (Å²) >= 11 is 0. The van der Waals surface area contributed by atoms with E-state index in [1.165, 1.54) is 199 Å². The lowest BCUT2D eigenvalue weighted by atomic mass is 9.99. The number of carbonyl (C=O) groups excluding carboxylic acids is 1. The zero-order chi connectivity index (χ0) is 50.6. The number of aliphatic hydroxyl groups excluding tert-OH is 5. The van der Waals surface area contributed by atoms with Crippen LogP contribution in [0, 0.1) is 0 Å². The standard InChI is InChI=1S/C55H107NO12S/c1-3-5-7-9-11-13-15-17-19-21-23-25-27-29-31-33-35-37-39-41-43-48(58)47(46-66-55-52(61)53(68-69(63,64)65)51(60)50(45-57)67-55)56-54(62)49(59)44-42-40-38-36-34-32-30-28-26-24-22-20-18-16-14-12-10-8-6-4-2/h41,43,47-53,55,57-61H,3-40,42,44-46H2,1-2H3,(H,56,62)(H,63,64,65)/b43-41+. The lowest BCUT2D eigenvalue weighted by Gasteiger charge is -2.41. The largest absolute Gasteiger partial charge is 0.397 e. The van der Waals surface area contributed by atoms with Crippen LogP contribution in [0.4, 0.5) is 0 Å². The average molecular weight is 1010 g/mol. The summed E-state index contributed by atoms with van der Waals surface area (Å²) in [4.78, 5) is 13.2. The first-order valence-corrected chi connectivity index (χ1v) is 30.0. The van der Waals surface area contributed by atoms with Gasteiger partial charge in [0.15, 0.2) is 6.29 Å². The molecule has 0 aromatic rings. The Morgan fingerprint density at radius 1 is 0.580 bits per heavy atom. The Morgan fingerprint density at radius 2 is 0.942 bits per heavy atom. The maximum Gasteiger partial charge on any atom is 0.397 e. The summed E-state index contributed by atoms with van der Waals surface area (Å²) in [7, 11) is -5.12. The number of carbonyl (C=O) groups is 1. The van der Waals surface area contributed by atoms with E-state index in [0.29, 0.717) is 12.8 Å². The highest BCUT2D eigenvalue weighted by atomic mass is 32.3. The van der Waals surface area contributed by atoms with Crippen molar-refractivity contribution in [3.05, 3.63) is 12.2 Å². The topological polar surface area (TPSA) is 212 Å². The molecule has 1 heterocycles. The third kappa shape index (κ3) is 37.2. The van der Waals surface area contributed by atoms with E-state index in [2.05, 4.69) is 23.3 Å². The van der Waals surface area contributed by atoms with E-state index in [0.717, 1.165) is 38.5 Å². The third-order valence-electron chi connectivity index (χ3n) is 13.9. The number of amides is 1. The highest BCUT2D eigenvalue weighted by molar-refractivity contribution is 7.80. The van der Waals surface area contributed by atoms with E-state index >= 15 is 0 Å². The van der Waals surface area contributed by atoms with E-state index in [1.807, 2.05) is 6.08 Å². The molecule has 1 aliphatic rings. The molecule has 0 bridgehead atoms. The minimum Gasteiger partial charge on any atom is -0.394 e. The van der Waals surface area contributed by atoms with Crippen molar-refractivity contribution in [1.29, 1.82) is 0 Å². The lowest BCUT2D eigenvalue weighted by Crippen LogP contribution is -2.61. The quantitative estimate of drug-likeness (QED) is 0.0172. The van der Waals surface area contributed by atoms with Gasteiger partial charge in [-0.15, -0.1) is 0 Å². The van der Waals surface area contributed by atoms with Gasteiger partial charge in [-0.3, -0.25) is 9.35 Å². The molecule has 0 radical (unpaired) electrons. The smallest absolute Gasteiger partial charge is 0.394 e.